The van der Waals surface area contributed by atoms with E-state index in [1.165, 1.54) is 11.3 Å². The van der Waals surface area contributed by atoms with Crippen LogP contribution in [0.3, 0.4) is 0 Å². The standard InChI is InChI=1S/C16H24N4O2S/c1-10-11(2)23-15(12(10)7-17)18-13(21)8-20(6)9-14(22)19-16(3,4)5/h8-9H2,1-6H3,(H,18,21)(H,19,22). The minimum absolute atomic E-state index is 0.0818. The van der Waals surface area contributed by atoms with E-state index in [0.717, 1.165) is 10.4 Å². The van der Waals surface area contributed by atoms with Gasteiger partial charge in [-0.05, 0) is 47.2 Å². The van der Waals surface area contributed by atoms with Crippen LogP contribution in [0.4, 0.5) is 5.00 Å². The Hall–Kier alpha value is -1.91. The summed E-state index contributed by atoms with van der Waals surface area (Å²) in [4.78, 5) is 26.6. The van der Waals surface area contributed by atoms with E-state index in [-0.39, 0.29) is 30.4 Å². The van der Waals surface area contributed by atoms with Crippen molar-refractivity contribution < 1.29 is 9.59 Å². The summed E-state index contributed by atoms with van der Waals surface area (Å²) in [5.41, 5.74) is 1.10. The van der Waals surface area contributed by atoms with Crippen LogP contribution in [-0.4, -0.2) is 42.4 Å². The molecule has 6 nitrogen and oxygen atoms in total. The van der Waals surface area contributed by atoms with Crippen molar-refractivity contribution in [1.29, 1.82) is 5.26 Å². The molecule has 0 saturated heterocycles. The maximum Gasteiger partial charge on any atom is 0.239 e. The van der Waals surface area contributed by atoms with Crippen LogP contribution in [-0.2, 0) is 9.59 Å². The van der Waals surface area contributed by atoms with E-state index in [4.69, 9.17) is 0 Å². The van der Waals surface area contributed by atoms with E-state index in [0.29, 0.717) is 10.6 Å². The summed E-state index contributed by atoms with van der Waals surface area (Å²) in [6, 6.07) is 2.12. The summed E-state index contributed by atoms with van der Waals surface area (Å²) in [7, 11) is 1.71. The van der Waals surface area contributed by atoms with Crippen molar-refractivity contribution in [1.82, 2.24) is 10.2 Å². The van der Waals surface area contributed by atoms with Gasteiger partial charge in [-0.3, -0.25) is 14.5 Å². The molecule has 0 fully saturated rings. The molecule has 0 saturated carbocycles. The number of rotatable bonds is 5. The number of likely N-dealkylation sites (N-methyl/N-ethyl adjacent to an activating group) is 1. The Morgan fingerprint density at radius 1 is 1.22 bits per heavy atom. The first kappa shape index (κ1) is 19.1. The number of nitrogens with zero attached hydrogens (tertiary/aromatic N) is 2. The molecule has 0 aliphatic heterocycles. The lowest BCUT2D eigenvalue weighted by Gasteiger charge is -2.23. The van der Waals surface area contributed by atoms with Crippen LogP contribution in [0.15, 0.2) is 0 Å². The Bertz CT molecular complexity index is 638. The van der Waals surface area contributed by atoms with Crippen molar-refractivity contribution in [3.8, 4) is 6.07 Å². The molecule has 0 bridgehead atoms. The molecule has 0 spiro atoms. The molecule has 1 heterocycles. The summed E-state index contributed by atoms with van der Waals surface area (Å²) < 4.78 is 0. The van der Waals surface area contributed by atoms with Crippen molar-refractivity contribution >= 4 is 28.2 Å². The van der Waals surface area contributed by atoms with Crippen molar-refractivity contribution in [2.24, 2.45) is 0 Å². The number of amides is 2. The average molecular weight is 336 g/mol. The van der Waals surface area contributed by atoms with E-state index in [2.05, 4.69) is 16.7 Å². The lowest BCUT2D eigenvalue weighted by molar-refractivity contribution is -0.124. The van der Waals surface area contributed by atoms with Crippen LogP contribution >= 0.6 is 11.3 Å². The maximum absolute atomic E-state index is 12.1. The molecule has 7 heteroatoms. The van der Waals surface area contributed by atoms with Crippen LogP contribution < -0.4 is 10.6 Å². The Morgan fingerprint density at radius 2 is 1.78 bits per heavy atom. The van der Waals surface area contributed by atoms with Gasteiger partial charge in [0, 0.05) is 10.4 Å². The third-order valence-electron chi connectivity index (χ3n) is 3.09. The van der Waals surface area contributed by atoms with Gasteiger partial charge in [-0.15, -0.1) is 11.3 Å². The molecule has 0 radical (unpaired) electrons. The summed E-state index contributed by atoms with van der Waals surface area (Å²) >= 11 is 1.39. The van der Waals surface area contributed by atoms with E-state index < -0.39 is 0 Å². The number of carbonyl (C=O) groups is 2. The third kappa shape index (κ3) is 6.00. The number of thiophene rings is 1. The number of hydrogen-bond acceptors (Lipinski definition) is 5. The van der Waals surface area contributed by atoms with Crippen molar-refractivity contribution in [2.75, 3.05) is 25.5 Å². The van der Waals surface area contributed by atoms with E-state index in [1.807, 2.05) is 34.6 Å². The summed E-state index contributed by atoms with van der Waals surface area (Å²) in [5.74, 6) is -0.373. The molecule has 0 unspecified atom stereocenters. The molecule has 0 aliphatic rings. The zero-order chi connectivity index (χ0) is 17.8. The van der Waals surface area contributed by atoms with Crippen LogP contribution in [0.1, 0.15) is 36.8 Å². The molecule has 126 valence electrons. The minimum Gasteiger partial charge on any atom is -0.350 e. The first-order chi connectivity index (χ1) is 10.5. The van der Waals surface area contributed by atoms with Crippen molar-refractivity contribution in [3.63, 3.8) is 0 Å². The molecule has 0 aliphatic carbocycles. The molecule has 0 aromatic carbocycles. The second kappa shape index (κ2) is 7.57. The van der Waals surface area contributed by atoms with Gasteiger partial charge in [-0.1, -0.05) is 0 Å². The second-order valence-corrected chi connectivity index (χ2v) is 7.84. The number of carbonyl (C=O) groups excluding carboxylic acids is 2. The highest BCUT2D eigenvalue weighted by Gasteiger charge is 2.18. The molecule has 1 aromatic rings. The fraction of sp³-hybridized carbons (Fsp3) is 0.562. The highest BCUT2D eigenvalue weighted by molar-refractivity contribution is 7.16. The van der Waals surface area contributed by atoms with Gasteiger partial charge < -0.3 is 10.6 Å². The molecule has 1 aromatic heterocycles. The highest BCUT2D eigenvalue weighted by atomic mass is 32.1. The topological polar surface area (TPSA) is 85.2 Å². The fourth-order valence-corrected chi connectivity index (χ4v) is 3.05. The molecule has 23 heavy (non-hydrogen) atoms. The van der Waals surface area contributed by atoms with Gasteiger partial charge in [0.2, 0.25) is 11.8 Å². The van der Waals surface area contributed by atoms with Gasteiger partial charge in [0.25, 0.3) is 0 Å². The Balaban J connectivity index is 2.59. The van der Waals surface area contributed by atoms with E-state index in [1.54, 1.807) is 11.9 Å². The number of nitrogens with one attached hydrogen (secondary N) is 2. The summed E-state index contributed by atoms with van der Waals surface area (Å²) in [6.07, 6.45) is 0. The smallest absolute Gasteiger partial charge is 0.239 e. The number of aryl methyl sites for hydroxylation is 1. The first-order valence-corrected chi connectivity index (χ1v) is 8.14. The second-order valence-electron chi connectivity index (χ2n) is 6.62. The Kier molecular flexibility index (Phi) is 6.30. The maximum atomic E-state index is 12.1. The van der Waals surface area contributed by atoms with Gasteiger partial charge in [-0.25, -0.2) is 0 Å². The van der Waals surface area contributed by atoms with Gasteiger partial charge in [0.15, 0.2) is 0 Å². The third-order valence-corrected chi connectivity index (χ3v) is 4.21. The number of nitriles is 1. The molecule has 1 rings (SSSR count). The highest BCUT2D eigenvalue weighted by Crippen LogP contribution is 2.31. The summed E-state index contributed by atoms with van der Waals surface area (Å²) in [6.45, 7) is 9.71. The first-order valence-electron chi connectivity index (χ1n) is 7.33. The van der Waals surface area contributed by atoms with Gasteiger partial charge in [-0.2, -0.15) is 5.26 Å². The summed E-state index contributed by atoms with van der Waals surface area (Å²) in [5, 5.41) is 15.4. The van der Waals surface area contributed by atoms with Crippen molar-refractivity contribution in [2.45, 2.75) is 40.2 Å². The van der Waals surface area contributed by atoms with Crippen LogP contribution in [0.25, 0.3) is 0 Å². The largest absolute Gasteiger partial charge is 0.350 e. The minimum atomic E-state index is -0.298. The zero-order valence-corrected chi connectivity index (χ0v) is 15.3. The lowest BCUT2D eigenvalue weighted by atomic mass is 10.1. The quantitative estimate of drug-likeness (QED) is 0.861. The van der Waals surface area contributed by atoms with Gasteiger partial charge >= 0.3 is 0 Å². The SMILES string of the molecule is Cc1sc(NC(=O)CN(C)CC(=O)NC(C)(C)C)c(C#N)c1C. The normalized spacial score (nSPS) is 11.2. The predicted octanol–water partition coefficient (Wildman–Crippen LogP) is 2.02. The Labute approximate surface area is 141 Å². The van der Waals surface area contributed by atoms with Crippen LogP contribution in [0.2, 0.25) is 0 Å². The average Bonchev–Trinajstić information content (AvgIpc) is 2.60. The van der Waals surface area contributed by atoms with E-state index in [9.17, 15) is 14.9 Å². The molecule has 2 amide bonds. The molecular formula is C16H24N4O2S. The van der Waals surface area contributed by atoms with Gasteiger partial charge in [0.05, 0.1) is 18.7 Å². The lowest BCUT2D eigenvalue weighted by Crippen LogP contribution is -2.46. The van der Waals surface area contributed by atoms with Crippen molar-refractivity contribution in [3.05, 3.63) is 16.0 Å². The molecule has 2 N–H and O–H groups in total. The fourth-order valence-electron chi connectivity index (χ4n) is 2.02. The molecule has 0 atom stereocenters. The monoisotopic (exact) mass is 336 g/mol. The van der Waals surface area contributed by atoms with Crippen LogP contribution in [0.5, 0.6) is 0 Å². The predicted molar refractivity (Wildman–Crippen MR) is 92.5 cm³/mol. The molecular weight excluding hydrogens is 312 g/mol. The van der Waals surface area contributed by atoms with E-state index >= 15 is 0 Å². The van der Waals surface area contributed by atoms with Crippen LogP contribution in [0, 0.1) is 25.2 Å². The number of hydrogen-bond donors (Lipinski definition) is 2. The Morgan fingerprint density at radius 3 is 2.30 bits per heavy atom. The number of anilines is 1. The van der Waals surface area contributed by atoms with Gasteiger partial charge in [0.1, 0.15) is 11.1 Å². The zero-order valence-electron chi connectivity index (χ0n) is 14.5.